The molecular weight excluding hydrogens is 372 g/mol. The van der Waals surface area contributed by atoms with E-state index in [4.69, 9.17) is 14.7 Å². The maximum Gasteiger partial charge on any atom is 0.162 e. The van der Waals surface area contributed by atoms with Gasteiger partial charge >= 0.3 is 0 Å². The van der Waals surface area contributed by atoms with Gasteiger partial charge in [-0.25, -0.2) is 15.0 Å². The molecule has 2 aliphatic heterocycles. The molecule has 2 aliphatic rings. The first-order chi connectivity index (χ1) is 13.8. The van der Waals surface area contributed by atoms with Gasteiger partial charge in [0, 0.05) is 43.6 Å². The Bertz CT molecular complexity index is 949. The van der Waals surface area contributed by atoms with Crippen LogP contribution in [0, 0.1) is 0 Å². The molecule has 3 aromatic heterocycles. The van der Waals surface area contributed by atoms with Crippen molar-refractivity contribution in [3.8, 4) is 11.4 Å². The SMILES string of the molecule is c1cc(-c2nc(N[C@@H]3CCNC3)c3sccc3n2)cc(NC2CCOCC2)n1. The molecule has 1 atom stereocenters. The van der Waals surface area contributed by atoms with Crippen LogP contribution in [0.5, 0.6) is 0 Å². The van der Waals surface area contributed by atoms with Crippen LogP contribution in [0.1, 0.15) is 19.3 Å². The van der Waals surface area contributed by atoms with Crippen molar-refractivity contribution in [1.82, 2.24) is 20.3 Å². The second kappa shape index (κ2) is 7.98. The van der Waals surface area contributed by atoms with E-state index in [0.29, 0.717) is 12.1 Å². The molecule has 146 valence electrons. The highest BCUT2D eigenvalue weighted by Gasteiger charge is 2.19. The van der Waals surface area contributed by atoms with Crippen LogP contribution >= 0.6 is 11.3 Å². The van der Waals surface area contributed by atoms with Gasteiger partial charge in [0.15, 0.2) is 5.82 Å². The third-order valence-electron chi connectivity index (χ3n) is 5.30. The number of hydrogen-bond donors (Lipinski definition) is 3. The van der Waals surface area contributed by atoms with E-state index in [1.807, 2.05) is 18.3 Å². The van der Waals surface area contributed by atoms with E-state index in [1.54, 1.807) is 11.3 Å². The Morgan fingerprint density at radius 3 is 2.86 bits per heavy atom. The summed E-state index contributed by atoms with van der Waals surface area (Å²) in [7, 11) is 0. The molecule has 0 aliphatic carbocycles. The number of hydrogen-bond acceptors (Lipinski definition) is 8. The molecule has 8 heteroatoms. The maximum absolute atomic E-state index is 5.44. The predicted octanol–water partition coefficient (Wildman–Crippen LogP) is 3.12. The number of nitrogens with zero attached hydrogens (tertiary/aromatic N) is 3. The Morgan fingerprint density at radius 1 is 1.07 bits per heavy atom. The minimum Gasteiger partial charge on any atom is -0.381 e. The maximum atomic E-state index is 5.44. The summed E-state index contributed by atoms with van der Waals surface area (Å²) in [6.07, 6.45) is 4.95. The number of thiophene rings is 1. The smallest absolute Gasteiger partial charge is 0.162 e. The largest absolute Gasteiger partial charge is 0.381 e. The number of pyridine rings is 1. The summed E-state index contributed by atoms with van der Waals surface area (Å²) >= 11 is 1.68. The van der Waals surface area contributed by atoms with Gasteiger partial charge in [0.05, 0.1) is 10.2 Å². The molecule has 0 unspecified atom stereocenters. The van der Waals surface area contributed by atoms with E-state index in [1.165, 1.54) is 0 Å². The lowest BCUT2D eigenvalue weighted by atomic mass is 10.1. The second-order valence-electron chi connectivity index (χ2n) is 7.33. The monoisotopic (exact) mass is 396 g/mol. The lowest BCUT2D eigenvalue weighted by molar-refractivity contribution is 0.0904. The molecule has 2 saturated heterocycles. The van der Waals surface area contributed by atoms with E-state index in [-0.39, 0.29) is 0 Å². The zero-order valence-electron chi connectivity index (χ0n) is 15.6. The van der Waals surface area contributed by atoms with Crippen LogP contribution < -0.4 is 16.0 Å². The number of fused-ring (bicyclic) bond motifs is 1. The van der Waals surface area contributed by atoms with Gasteiger partial charge in [-0.05, 0) is 49.4 Å². The molecule has 28 heavy (non-hydrogen) atoms. The molecule has 0 spiro atoms. The summed E-state index contributed by atoms with van der Waals surface area (Å²) in [6.45, 7) is 3.64. The fourth-order valence-corrected chi connectivity index (χ4v) is 4.54. The Kier molecular flexibility index (Phi) is 5.07. The third kappa shape index (κ3) is 3.80. The van der Waals surface area contributed by atoms with Crippen LogP contribution in [0.15, 0.2) is 29.8 Å². The van der Waals surface area contributed by atoms with Gasteiger partial charge in [0.1, 0.15) is 11.6 Å². The number of rotatable bonds is 5. The molecule has 0 aromatic carbocycles. The van der Waals surface area contributed by atoms with Crippen molar-refractivity contribution < 1.29 is 4.74 Å². The normalized spacial score (nSPS) is 20.5. The lowest BCUT2D eigenvalue weighted by Gasteiger charge is -2.23. The van der Waals surface area contributed by atoms with Crippen LogP contribution in [0.4, 0.5) is 11.6 Å². The minimum absolute atomic E-state index is 0.406. The number of ether oxygens (including phenoxy) is 1. The van der Waals surface area contributed by atoms with E-state index in [2.05, 4.69) is 32.4 Å². The predicted molar refractivity (Wildman–Crippen MR) is 113 cm³/mol. The van der Waals surface area contributed by atoms with Gasteiger partial charge in [-0.1, -0.05) is 0 Å². The highest BCUT2D eigenvalue weighted by Crippen LogP contribution is 2.30. The van der Waals surface area contributed by atoms with Crippen molar-refractivity contribution in [1.29, 1.82) is 0 Å². The van der Waals surface area contributed by atoms with Crippen LogP contribution in [0.2, 0.25) is 0 Å². The van der Waals surface area contributed by atoms with Crippen molar-refractivity contribution in [2.75, 3.05) is 36.9 Å². The van der Waals surface area contributed by atoms with Crippen LogP contribution in [0.25, 0.3) is 21.6 Å². The molecule has 0 saturated carbocycles. The molecule has 7 nitrogen and oxygen atoms in total. The van der Waals surface area contributed by atoms with Crippen LogP contribution in [-0.4, -0.2) is 53.3 Å². The van der Waals surface area contributed by atoms with E-state index in [9.17, 15) is 0 Å². The Balaban J connectivity index is 1.44. The molecule has 3 aromatic rings. The third-order valence-corrected chi connectivity index (χ3v) is 6.21. The van der Waals surface area contributed by atoms with E-state index >= 15 is 0 Å². The molecule has 0 amide bonds. The number of nitrogens with one attached hydrogen (secondary N) is 3. The Labute approximate surface area is 168 Å². The minimum atomic E-state index is 0.406. The van der Waals surface area contributed by atoms with E-state index in [0.717, 1.165) is 78.8 Å². The molecule has 5 rings (SSSR count). The van der Waals surface area contributed by atoms with Gasteiger partial charge in [0.2, 0.25) is 0 Å². The molecule has 3 N–H and O–H groups in total. The fourth-order valence-electron chi connectivity index (χ4n) is 3.76. The van der Waals surface area contributed by atoms with Crippen molar-refractivity contribution >= 4 is 33.2 Å². The summed E-state index contributed by atoms with van der Waals surface area (Å²) in [5.41, 5.74) is 1.96. The number of aromatic nitrogens is 3. The molecule has 5 heterocycles. The Morgan fingerprint density at radius 2 is 2.00 bits per heavy atom. The van der Waals surface area contributed by atoms with Crippen molar-refractivity contribution in [2.45, 2.75) is 31.3 Å². The van der Waals surface area contributed by atoms with Crippen LogP contribution in [-0.2, 0) is 4.74 Å². The zero-order chi connectivity index (χ0) is 18.8. The van der Waals surface area contributed by atoms with Gasteiger partial charge in [-0.15, -0.1) is 11.3 Å². The molecular formula is C20H24N6OS. The topological polar surface area (TPSA) is 84.0 Å². The zero-order valence-corrected chi connectivity index (χ0v) is 16.5. The molecule has 2 fully saturated rings. The highest BCUT2D eigenvalue weighted by molar-refractivity contribution is 7.17. The van der Waals surface area contributed by atoms with Crippen molar-refractivity contribution in [3.05, 3.63) is 29.8 Å². The summed E-state index contributed by atoms with van der Waals surface area (Å²) in [5.74, 6) is 2.53. The van der Waals surface area contributed by atoms with Gasteiger partial charge < -0.3 is 20.7 Å². The molecule has 0 radical (unpaired) electrons. The average molecular weight is 397 g/mol. The first-order valence-corrected chi connectivity index (χ1v) is 10.8. The quantitative estimate of drug-likeness (QED) is 0.611. The van der Waals surface area contributed by atoms with Crippen molar-refractivity contribution in [3.63, 3.8) is 0 Å². The average Bonchev–Trinajstić information content (AvgIpc) is 3.41. The van der Waals surface area contributed by atoms with Gasteiger partial charge in [-0.2, -0.15) is 0 Å². The van der Waals surface area contributed by atoms with Gasteiger partial charge in [0.25, 0.3) is 0 Å². The summed E-state index contributed by atoms with van der Waals surface area (Å²) in [5, 5.41) is 12.6. The first-order valence-electron chi connectivity index (χ1n) is 9.88. The lowest BCUT2D eigenvalue weighted by Crippen LogP contribution is -2.28. The summed E-state index contributed by atoms with van der Waals surface area (Å²) < 4.78 is 6.56. The highest BCUT2D eigenvalue weighted by atomic mass is 32.1. The standard InChI is InChI=1S/C20H24N6OS/c1-7-22-17(23-14-3-8-27-9-4-14)11-13(1)19-25-16-5-10-28-18(16)20(26-19)24-15-2-6-21-12-15/h1,5,7,10-11,14-15,21H,2-4,6,8-9,12H2,(H,22,23)(H,24,25,26)/t15-/m1/s1. The fraction of sp³-hybridized carbons (Fsp3) is 0.450. The number of anilines is 2. The summed E-state index contributed by atoms with van der Waals surface area (Å²) in [4.78, 5) is 14.2. The van der Waals surface area contributed by atoms with Gasteiger partial charge in [-0.3, -0.25) is 0 Å². The van der Waals surface area contributed by atoms with Crippen LogP contribution in [0.3, 0.4) is 0 Å². The van der Waals surface area contributed by atoms with Crippen molar-refractivity contribution in [2.24, 2.45) is 0 Å². The second-order valence-corrected chi connectivity index (χ2v) is 8.24. The van der Waals surface area contributed by atoms with E-state index < -0.39 is 0 Å². The Hall–Kier alpha value is -2.29. The summed E-state index contributed by atoms with van der Waals surface area (Å²) in [6, 6.07) is 6.90. The first kappa shape index (κ1) is 17.8. The molecule has 0 bridgehead atoms.